The predicted molar refractivity (Wildman–Crippen MR) is 245 cm³/mol. The maximum Gasteiger partial charge on any atom is 0.293 e. The Balaban J connectivity index is 0.960. The van der Waals surface area contributed by atoms with Crippen molar-refractivity contribution in [3.05, 3.63) is 131 Å². The largest absolute Gasteiger partial charge is 0.490 e. The zero-order valence-electron chi connectivity index (χ0n) is 35.6. The Hall–Kier alpha value is -6.49. The number of nitrogens with one attached hydrogen (secondary N) is 3. The number of ether oxygens (including phenoxy) is 3. The van der Waals surface area contributed by atoms with Gasteiger partial charge >= 0.3 is 0 Å². The van der Waals surface area contributed by atoms with Crippen molar-refractivity contribution in [2.75, 3.05) is 56.7 Å². The minimum atomic E-state index is -4.57. The summed E-state index contributed by atoms with van der Waals surface area (Å²) in [6, 6.07) is 28.9. The summed E-state index contributed by atoms with van der Waals surface area (Å²) in [6.45, 7) is 4.68. The fourth-order valence-corrected chi connectivity index (χ4v) is 9.87. The minimum Gasteiger partial charge on any atom is -0.490 e. The predicted octanol–water partition coefficient (Wildman–Crippen LogP) is 8.70. The smallest absolute Gasteiger partial charge is 0.293 e. The molecule has 3 saturated heterocycles. The molecule has 3 aliphatic heterocycles. The molecule has 3 fully saturated rings. The second-order valence-electron chi connectivity index (χ2n) is 16.8. The summed E-state index contributed by atoms with van der Waals surface area (Å²) in [6.07, 6.45) is 9.18. The number of carbonyl (C=O) groups excluding carboxylic acids is 1. The summed E-state index contributed by atoms with van der Waals surface area (Å²) >= 11 is 0. The van der Waals surface area contributed by atoms with E-state index in [2.05, 4.69) is 67.2 Å². The summed E-state index contributed by atoms with van der Waals surface area (Å²) in [5.41, 5.74) is 4.21. The van der Waals surface area contributed by atoms with Crippen LogP contribution < -0.4 is 24.4 Å². The molecule has 3 N–H and O–H groups in total. The molecule has 332 valence electrons. The van der Waals surface area contributed by atoms with Crippen LogP contribution in [0.1, 0.15) is 60.5 Å². The van der Waals surface area contributed by atoms with Gasteiger partial charge in [-0.3, -0.25) is 14.9 Å². The average Bonchev–Trinajstić information content (AvgIpc) is 4.00. The SMILES string of the molecule is CN1CCC(Oc2ccccc2C2CCCN2c2ccc(-c3ccc(C(=O)NS(=O)(=O)c4ccc(NCC5CCOCC5)c([N+](=O)[O-])c4)c(Oc4cnc5[nH]ccc5c4)c3)cc2)CC1. The number of pyridine rings is 1. The maximum absolute atomic E-state index is 14.0. The van der Waals surface area contributed by atoms with Gasteiger partial charge in [0.2, 0.25) is 0 Å². The Bertz CT molecular complexity index is 2750. The van der Waals surface area contributed by atoms with E-state index in [0.29, 0.717) is 31.2 Å². The molecule has 0 aliphatic carbocycles. The number of hydrogen-bond donors (Lipinski definition) is 3. The van der Waals surface area contributed by atoms with Crippen molar-refractivity contribution in [3.8, 4) is 28.4 Å². The van der Waals surface area contributed by atoms with Crippen molar-refractivity contribution in [1.82, 2.24) is 19.6 Å². The van der Waals surface area contributed by atoms with Gasteiger partial charge in [0, 0.05) is 68.3 Å². The monoisotopic (exact) mass is 885 g/mol. The van der Waals surface area contributed by atoms with E-state index in [1.807, 2.05) is 24.3 Å². The van der Waals surface area contributed by atoms with Gasteiger partial charge in [-0.2, -0.15) is 0 Å². The first-order valence-electron chi connectivity index (χ1n) is 21.8. The Morgan fingerprint density at radius 1 is 0.906 bits per heavy atom. The van der Waals surface area contributed by atoms with Crippen LogP contribution in [0.15, 0.2) is 114 Å². The van der Waals surface area contributed by atoms with Crippen molar-refractivity contribution in [2.45, 2.75) is 55.6 Å². The van der Waals surface area contributed by atoms with Crippen molar-refractivity contribution in [3.63, 3.8) is 0 Å². The van der Waals surface area contributed by atoms with Crippen LogP contribution in [0, 0.1) is 16.0 Å². The number of aromatic nitrogens is 2. The number of benzene rings is 4. The number of amides is 1. The lowest BCUT2D eigenvalue weighted by molar-refractivity contribution is -0.384. The number of aromatic amines is 1. The van der Waals surface area contributed by atoms with Gasteiger partial charge in [-0.15, -0.1) is 0 Å². The van der Waals surface area contributed by atoms with E-state index in [1.165, 1.54) is 30.0 Å². The Morgan fingerprint density at radius 3 is 2.48 bits per heavy atom. The number of nitro groups is 1. The van der Waals surface area contributed by atoms with Crippen LogP contribution in [-0.4, -0.2) is 86.7 Å². The molecule has 2 aromatic heterocycles. The lowest BCUT2D eigenvalue weighted by atomic mass is 10.0. The maximum atomic E-state index is 14.0. The summed E-state index contributed by atoms with van der Waals surface area (Å²) in [4.78, 5) is 37.2. The fourth-order valence-electron chi connectivity index (χ4n) is 8.89. The number of sulfonamides is 1. The van der Waals surface area contributed by atoms with Crippen LogP contribution in [0.5, 0.6) is 17.2 Å². The van der Waals surface area contributed by atoms with Crippen LogP contribution in [0.4, 0.5) is 17.1 Å². The third kappa shape index (κ3) is 9.54. The van der Waals surface area contributed by atoms with Crippen LogP contribution >= 0.6 is 0 Å². The zero-order valence-corrected chi connectivity index (χ0v) is 36.4. The van der Waals surface area contributed by atoms with E-state index in [0.717, 1.165) is 92.2 Å². The first-order valence-corrected chi connectivity index (χ1v) is 23.3. The highest BCUT2D eigenvalue weighted by atomic mass is 32.2. The van der Waals surface area contributed by atoms with Crippen LogP contribution in [0.25, 0.3) is 22.2 Å². The number of hydrogen-bond acceptors (Lipinski definition) is 12. The molecule has 1 unspecified atom stereocenters. The molecule has 0 radical (unpaired) electrons. The number of likely N-dealkylation sites (tertiary alicyclic amines) is 1. The molecule has 4 aromatic carbocycles. The van der Waals surface area contributed by atoms with Crippen LogP contribution in [0.2, 0.25) is 0 Å². The quantitative estimate of drug-likeness (QED) is 0.0701. The van der Waals surface area contributed by atoms with Crippen LogP contribution in [0.3, 0.4) is 0 Å². The molecule has 15 nitrogen and oxygen atoms in total. The van der Waals surface area contributed by atoms with E-state index in [4.69, 9.17) is 14.2 Å². The lowest BCUT2D eigenvalue weighted by Crippen LogP contribution is -2.36. The molecule has 0 spiro atoms. The second kappa shape index (κ2) is 18.7. The number of nitrogens with zero attached hydrogens (tertiary/aromatic N) is 4. The van der Waals surface area contributed by atoms with E-state index in [1.54, 1.807) is 24.4 Å². The number of fused-ring (bicyclic) bond motifs is 1. The normalized spacial score (nSPS) is 17.6. The van der Waals surface area contributed by atoms with Crippen molar-refractivity contribution >= 4 is 44.0 Å². The summed E-state index contributed by atoms with van der Waals surface area (Å²) in [7, 11) is -2.42. The van der Waals surface area contributed by atoms with Gasteiger partial charge in [0.05, 0.1) is 27.6 Å². The second-order valence-corrected chi connectivity index (χ2v) is 18.4. The number of H-pyrrole nitrogens is 1. The summed E-state index contributed by atoms with van der Waals surface area (Å²) in [5, 5.41) is 16.0. The number of anilines is 2. The average molecular weight is 886 g/mol. The van der Waals surface area contributed by atoms with E-state index >= 15 is 0 Å². The summed E-state index contributed by atoms with van der Waals surface area (Å²) < 4.78 is 47.9. The van der Waals surface area contributed by atoms with E-state index < -0.39 is 31.4 Å². The van der Waals surface area contributed by atoms with Gasteiger partial charge in [-0.1, -0.05) is 36.4 Å². The van der Waals surface area contributed by atoms with Crippen LogP contribution in [-0.2, 0) is 14.8 Å². The first kappa shape index (κ1) is 42.8. The zero-order chi connectivity index (χ0) is 44.2. The number of nitro benzene ring substituents is 1. The standard InChI is InChI=1S/C48H51N7O8S/c1-53-23-17-37(18-24-53)62-45-7-3-2-5-40(45)43-6-4-22-54(43)36-11-8-33(9-12-36)34-10-14-41(46(28-34)63-38-27-35-16-21-49-47(35)51-31-38)48(56)52-64(59,60)39-13-15-42(44(29-39)55(57)58)50-30-32-19-25-61-26-20-32/h2-3,5,7-16,21,27-29,31-32,37,43,50H,4,6,17-20,22-26,30H2,1H3,(H,49,51)(H,52,56). The molecule has 0 bridgehead atoms. The number of rotatable bonds is 14. The molecule has 9 rings (SSSR count). The van der Waals surface area contributed by atoms with Crippen molar-refractivity contribution in [1.29, 1.82) is 0 Å². The number of piperidine rings is 1. The number of para-hydroxylation sites is 1. The van der Waals surface area contributed by atoms with Gasteiger partial charge in [-0.25, -0.2) is 18.1 Å². The molecule has 1 atom stereocenters. The molecule has 64 heavy (non-hydrogen) atoms. The molecule has 16 heteroatoms. The minimum absolute atomic E-state index is 0.0663. The van der Waals surface area contributed by atoms with Gasteiger partial charge in [0.15, 0.2) is 0 Å². The Morgan fingerprint density at radius 2 is 1.69 bits per heavy atom. The lowest BCUT2D eigenvalue weighted by Gasteiger charge is -2.32. The van der Waals surface area contributed by atoms with E-state index in [9.17, 15) is 23.3 Å². The molecule has 5 heterocycles. The fraction of sp³-hybridized carbons (Fsp3) is 0.333. The molecule has 3 aliphatic rings. The van der Waals surface area contributed by atoms with Gasteiger partial charge in [0.1, 0.15) is 34.7 Å². The molecular formula is C48H51N7O8S. The highest BCUT2D eigenvalue weighted by Gasteiger charge is 2.31. The van der Waals surface area contributed by atoms with Gasteiger partial charge < -0.3 is 34.3 Å². The van der Waals surface area contributed by atoms with Crippen molar-refractivity contribution in [2.24, 2.45) is 5.92 Å². The van der Waals surface area contributed by atoms with Gasteiger partial charge in [-0.05, 0) is 117 Å². The molecule has 6 aromatic rings. The highest BCUT2D eigenvalue weighted by molar-refractivity contribution is 7.90. The molecule has 0 saturated carbocycles. The molecule has 1 amide bonds. The van der Waals surface area contributed by atoms with E-state index in [-0.39, 0.29) is 35.1 Å². The topological polar surface area (TPSA) is 181 Å². The summed E-state index contributed by atoms with van der Waals surface area (Å²) in [5.74, 6) is 0.664. The van der Waals surface area contributed by atoms with Gasteiger partial charge in [0.25, 0.3) is 21.6 Å². The number of carbonyl (C=O) groups is 1. The Kier molecular flexibility index (Phi) is 12.5. The molecular weight excluding hydrogens is 835 g/mol. The first-order chi connectivity index (χ1) is 31.1. The Labute approximate surface area is 371 Å². The highest BCUT2D eigenvalue weighted by Crippen LogP contribution is 2.42. The van der Waals surface area contributed by atoms with Crippen molar-refractivity contribution < 1.29 is 32.3 Å². The third-order valence-corrected chi connectivity index (χ3v) is 13.8. The third-order valence-electron chi connectivity index (χ3n) is 12.5.